The molecule has 4 rings (SSSR count). The van der Waals surface area contributed by atoms with Gasteiger partial charge in [-0.1, -0.05) is 20.4 Å². The number of nitrogens with two attached hydrogens (primary N) is 1. The zero-order valence-corrected chi connectivity index (χ0v) is 19.3. The van der Waals surface area contributed by atoms with E-state index in [-0.39, 0.29) is 23.1 Å². The number of hydrogen-bond donors (Lipinski definition) is 1. The third-order valence-corrected chi connectivity index (χ3v) is 6.87. The van der Waals surface area contributed by atoms with Crippen LogP contribution >= 0.6 is 0 Å². The predicted octanol–water partition coefficient (Wildman–Crippen LogP) is 3.88. The van der Waals surface area contributed by atoms with Gasteiger partial charge in [-0.15, -0.1) is 0 Å². The molecule has 2 amide bonds. The largest absolute Gasteiger partial charge is 0.491 e. The Morgan fingerprint density at radius 2 is 2.12 bits per heavy atom. The van der Waals surface area contributed by atoms with E-state index in [0.717, 1.165) is 44.5 Å². The van der Waals surface area contributed by atoms with Crippen molar-refractivity contribution in [1.82, 2.24) is 14.7 Å². The minimum absolute atomic E-state index is 0.0321. The molecule has 0 atom stereocenters. The SMILES string of the molecule is C=CC(=O)N1CCC2(CC(n3nc(-c4ccc(OCCC)c(F)c4)c(C(N)=O)c3CC)C2)C1. The molecule has 1 aromatic carbocycles. The molecule has 2 N–H and O–H groups in total. The molecule has 1 aliphatic heterocycles. The van der Waals surface area contributed by atoms with Crippen molar-refractivity contribution in [1.29, 1.82) is 0 Å². The molecule has 8 heteroatoms. The van der Waals surface area contributed by atoms with Crippen LogP contribution in [0.5, 0.6) is 5.75 Å². The summed E-state index contributed by atoms with van der Waals surface area (Å²) >= 11 is 0. The number of ether oxygens (including phenoxy) is 1. The Morgan fingerprint density at radius 3 is 2.73 bits per heavy atom. The summed E-state index contributed by atoms with van der Waals surface area (Å²) in [6.45, 7) is 9.38. The number of likely N-dealkylation sites (tertiary alicyclic amines) is 1. The normalized spacial score (nSPS) is 21.8. The Hall–Kier alpha value is -3.16. The maximum atomic E-state index is 14.6. The molecule has 1 spiro atoms. The second kappa shape index (κ2) is 9.00. The lowest BCUT2D eigenvalue weighted by molar-refractivity contribution is -0.125. The van der Waals surface area contributed by atoms with Gasteiger partial charge in [0.15, 0.2) is 11.6 Å². The van der Waals surface area contributed by atoms with Crippen LogP contribution in [0.3, 0.4) is 0 Å². The van der Waals surface area contributed by atoms with Crippen molar-refractivity contribution in [3.63, 3.8) is 0 Å². The first-order chi connectivity index (χ1) is 15.8. The van der Waals surface area contributed by atoms with E-state index in [9.17, 15) is 14.0 Å². The highest BCUT2D eigenvalue weighted by atomic mass is 19.1. The molecule has 176 valence electrons. The van der Waals surface area contributed by atoms with Gasteiger partial charge in [-0.05, 0) is 61.8 Å². The van der Waals surface area contributed by atoms with Gasteiger partial charge in [0.1, 0.15) is 5.69 Å². The lowest BCUT2D eigenvalue weighted by Gasteiger charge is -2.45. The second-order valence-electron chi connectivity index (χ2n) is 9.10. The minimum Gasteiger partial charge on any atom is -0.491 e. The number of rotatable bonds is 8. The molecule has 2 aliphatic rings. The fourth-order valence-corrected chi connectivity index (χ4v) is 5.25. The number of carbonyl (C=O) groups excluding carboxylic acids is 2. The molecule has 1 aliphatic carbocycles. The van der Waals surface area contributed by atoms with E-state index in [1.807, 2.05) is 23.4 Å². The van der Waals surface area contributed by atoms with Crippen molar-refractivity contribution >= 4 is 11.8 Å². The summed E-state index contributed by atoms with van der Waals surface area (Å²) in [5.74, 6) is -0.922. The monoisotopic (exact) mass is 454 g/mol. The van der Waals surface area contributed by atoms with Crippen LogP contribution < -0.4 is 10.5 Å². The topological polar surface area (TPSA) is 90.4 Å². The third kappa shape index (κ3) is 4.14. The zero-order chi connectivity index (χ0) is 23.8. The van der Waals surface area contributed by atoms with Gasteiger partial charge < -0.3 is 15.4 Å². The smallest absolute Gasteiger partial charge is 0.252 e. The van der Waals surface area contributed by atoms with E-state index in [0.29, 0.717) is 29.8 Å². The summed E-state index contributed by atoms with van der Waals surface area (Å²) in [4.78, 5) is 26.2. The quantitative estimate of drug-likeness (QED) is 0.613. The molecule has 2 aromatic rings. The van der Waals surface area contributed by atoms with E-state index >= 15 is 0 Å². The number of nitrogens with zero attached hydrogens (tertiary/aromatic N) is 3. The highest BCUT2D eigenvalue weighted by Gasteiger charge is 2.50. The standard InChI is InChI=1S/C25H31FN4O3/c1-4-11-33-20-8-7-16(12-18(20)26)23-22(24(27)32)19(5-2)30(28-23)17-13-25(14-17)9-10-29(15-25)21(31)6-3/h6-8,12,17H,3-5,9-11,13-15H2,1-2H3,(H2,27,32). The van der Waals surface area contributed by atoms with Gasteiger partial charge in [0.25, 0.3) is 5.91 Å². The van der Waals surface area contributed by atoms with Gasteiger partial charge in [0.2, 0.25) is 5.91 Å². The van der Waals surface area contributed by atoms with Gasteiger partial charge in [0.05, 0.1) is 23.9 Å². The molecule has 1 saturated heterocycles. The first kappa shape index (κ1) is 23.0. The van der Waals surface area contributed by atoms with E-state index in [1.54, 1.807) is 12.1 Å². The number of hydrogen-bond acceptors (Lipinski definition) is 4. The van der Waals surface area contributed by atoms with Crippen molar-refractivity contribution in [2.75, 3.05) is 19.7 Å². The predicted molar refractivity (Wildman–Crippen MR) is 123 cm³/mol. The molecule has 33 heavy (non-hydrogen) atoms. The molecule has 2 heterocycles. The van der Waals surface area contributed by atoms with Crippen molar-refractivity contribution in [3.8, 4) is 17.0 Å². The Balaban J connectivity index is 1.62. The summed E-state index contributed by atoms with van der Waals surface area (Å²) in [6, 6.07) is 4.74. The van der Waals surface area contributed by atoms with E-state index < -0.39 is 11.7 Å². The first-order valence-electron chi connectivity index (χ1n) is 11.6. The number of aromatic nitrogens is 2. The molecular formula is C25H31FN4O3. The number of halogens is 1. The van der Waals surface area contributed by atoms with Gasteiger partial charge in [-0.3, -0.25) is 14.3 Å². The van der Waals surface area contributed by atoms with Crippen molar-refractivity contribution in [2.45, 2.75) is 52.0 Å². The second-order valence-corrected chi connectivity index (χ2v) is 9.10. The van der Waals surface area contributed by atoms with Crippen LogP contribution in [0, 0.1) is 11.2 Å². The molecule has 7 nitrogen and oxygen atoms in total. The average molecular weight is 455 g/mol. The number of primary amides is 1. The van der Waals surface area contributed by atoms with Crippen LogP contribution in [0.2, 0.25) is 0 Å². The van der Waals surface area contributed by atoms with E-state index in [4.69, 9.17) is 15.6 Å². The Bertz CT molecular complexity index is 1090. The molecule has 0 bridgehead atoms. The molecule has 1 saturated carbocycles. The van der Waals surface area contributed by atoms with Crippen LogP contribution in [0.4, 0.5) is 4.39 Å². The van der Waals surface area contributed by atoms with Gasteiger partial charge in [-0.2, -0.15) is 5.10 Å². The molecule has 0 unspecified atom stereocenters. The summed E-state index contributed by atoms with van der Waals surface area (Å²) in [5, 5.41) is 4.76. The fourth-order valence-electron chi connectivity index (χ4n) is 5.25. The number of amides is 2. The summed E-state index contributed by atoms with van der Waals surface area (Å²) < 4.78 is 22.0. The summed E-state index contributed by atoms with van der Waals surface area (Å²) in [6.07, 6.45) is 5.42. The van der Waals surface area contributed by atoms with Gasteiger partial charge in [-0.25, -0.2) is 4.39 Å². The van der Waals surface area contributed by atoms with Crippen LogP contribution in [0.1, 0.15) is 61.6 Å². The van der Waals surface area contributed by atoms with Crippen molar-refractivity contribution in [2.24, 2.45) is 11.1 Å². The lowest BCUT2D eigenvalue weighted by Crippen LogP contribution is -2.42. The zero-order valence-electron chi connectivity index (χ0n) is 19.3. The number of carbonyl (C=O) groups is 2. The highest BCUT2D eigenvalue weighted by molar-refractivity contribution is 6.00. The van der Waals surface area contributed by atoms with Crippen LogP contribution in [0.15, 0.2) is 30.9 Å². The van der Waals surface area contributed by atoms with Gasteiger partial charge in [0, 0.05) is 18.7 Å². The highest BCUT2D eigenvalue weighted by Crippen LogP contribution is 2.54. The molecule has 0 radical (unpaired) electrons. The molecule has 2 fully saturated rings. The maximum Gasteiger partial charge on any atom is 0.252 e. The van der Waals surface area contributed by atoms with Crippen LogP contribution in [-0.4, -0.2) is 46.2 Å². The fraction of sp³-hybridized carbons (Fsp3) is 0.480. The Kier molecular flexibility index (Phi) is 6.28. The van der Waals surface area contributed by atoms with Crippen LogP contribution in [-0.2, 0) is 11.2 Å². The molecular weight excluding hydrogens is 423 g/mol. The number of benzene rings is 1. The van der Waals surface area contributed by atoms with Crippen molar-refractivity contribution in [3.05, 3.63) is 47.9 Å². The Labute approximate surface area is 193 Å². The summed E-state index contributed by atoms with van der Waals surface area (Å²) in [5.41, 5.74) is 7.84. The molecule has 1 aromatic heterocycles. The van der Waals surface area contributed by atoms with E-state index in [1.165, 1.54) is 12.1 Å². The maximum absolute atomic E-state index is 14.6. The van der Waals surface area contributed by atoms with Crippen molar-refractivity contribution < 1.29 is 18.7 Å². The third-order valence-electron chi connectivity index (χ3n) is 6.87. The first-order valence-corrected chi connectivity index (χ1v) is 11.6. The van der Waals surface area contributed by atoms with Crippen LogP contribution in [0.25, 0.3) is 11.3 Å². The minimum atomic E-state index is -0.572. The summed E-state index contributed by atoms with van der Waals surface area (Å²) in [7, 11) is 0. The van der Waals surface area contributed by atoms with Gasteiger partial charge >= 0.3 is 0 Å². The average Bonchev–Trinajstić information content (AvgIpc) is 3.39. The Morgan fingerprint density at radius 1 is 1.36 bits per heavy atom. The van der Waals surface area contributed by atoms with E-state index in [2.05, 4.69) is 6.58 Å². The lowest BCUT2D eigenvalue weighted by atomic mass is 9.65.